The van der Waals surface area contributed by atoms with Crippen molar-refractivity contribution in [1.82, 2.24) is 20.4 Å². The van der Waals surface area contributed by atoms with E-state index in [1.807, 2.05) is 13.8 Å². The fourth-order valence-electron chi connectivity index (χ4n) is 4.91. The van der Waals surface area contributed by atoms with Gasteiger partial charge in [-0.05, 0) is 49.4 Å². The molecule has 10 heteroatoms. The van der Waals surface area contributed by atoms with Crippen molar-refractivity contribution >= 4 is 35.1 Å². The molecule has 0 radical (unpaired) electrons. The van der Waals surface area contributed by atoms with Gasteiger partial charge in [-0.1, -0.05) is 20.8 Å². The summed E-state index contributed by atoms with van der Waals surface area (Å²) in [4.78, 5) is 66.9. The van der Waals surface area contributed by atoms with Crippen LogP contribution in [0, 0.1) is 5.92 Å². The number of hydrogen-bond acceptors (Lipinski definition) is 6. The summed E-state index contributed by atoms with van der Waals surface area (Å²) in [5, 5.41) is 5.47. The molecule has 0 saturated carbocycles. The molecule has 1 aromatic rings. The van der Waals surface area contributed by atoms with Crippen molar-refractivity contribution in [3.63, 3.8) is 0 Å². The summed E-state index contributed by atoms with van der Waals surface area (Å²) >= 11 is 0. The van der Waals surface area contributed by atoms with E-state index in [0.717, 1.165) is 0 Å². The van der Waals surface area contributed by atoms with Gasteiger partial charge >= 0.3 is 0 Å². The van der Waals surface area contributed by atoms with E-state index >= 15 is 0 Å². The number of hydrogen-bond donors (Lipinski definition) is 3. The molecule has 2 fully saturated rings. The summed E-state index contributed by atoms with van der Waals surface area (Å²) in [6.45, 7) is 7.26. The molecule has 1 aromatic carbocycles. The van der Waals surface area contributed by atoms with Crippen LogP contribution in [0.15, 0.2) is 24.3 Å². The number of amides is 4. The highest BCUT2D eigenvalue weighted by atomic mass is 16.2. The zero-order valence-electron chi connectivity index (χ0n) is 20.7. The Morgan fingerprint density at radius 1 is 1.03 bits per heavy atom. The maximum atomic E-state index is 13.6. The topological polar surface area (TPSA) is 142 Å². The molecule has 2 heterocycles. The first-order valence-electron chi connectivity index (χ1n) is 12.1. The fraction of sp³-hybridized carbons (Fsp3) is 0.560. The van der Waals surface area contributed by atoms with Gasteiger partial charge in [0.25, 0.3) is 5.91 Å². The molecule has 4 N–H and O–H groups in total. The minimum absolute atomic E-state index is 0.0966. The molecule has 0 aliphatic carbocycles. The van der Waals surface area contributed by atoms with Crippen LogP contribution in [-0.4, -0.2) is 76.5 Å². The summed E-state index contributed by atoms with van der Waals surface area (Å²) in [6.07, 6.45) is 1.27. The lowest BCUT2D eigenvalue weighted by molar-refractivity contribution is -0.138. The van der Waals surface area contributed by atoms with Crippen LogP contribution in [-0.2, 0) is 19.2 Å². The zero-order chi connectivity index (χ0) is 25.9. The van der Waals surface area contributed by atoms with Crippen LogP contribution in [0.25, 0.3) is 0 Å². The van der Waals surface area contributed by atoms with E-state index in [0.29, 0.717) is 37.1 Å². The van der Waals surface area contributed by atoms with Gasteiger partial charge < -0.3 is 26.2 Å². The highest BCUT2D eigenvalue weighted by Crippen LogP contribution is 2.31. The molecular formula is C25H35N5O5. The largest absolute Gasteiger partial charge is 0.399 e. The van der Waals surface area contributed by atoms with Crippen LogP contribution in [0.5, 0.6) is 0 Å². The minimum Gasteiger partial charge on any atom is -0.399 e. The number of likely N-dealkylation sites (tertiary alicyclic amines) is 2. The van der Waals surface area contributed by atoms with E-state index in [2.05, 4.69) is 10.6 Å². The standard InChI is InChI=1S/C25H35N5O5/c1-5-18(27-15(4)31)24(34)30-13-21(32)22-20(30)10-11-29(22)25(35)19(12-14(2)3)28-23(33)16-6-8-17(26)9-7-16/h6-9,14,18-20,22H,5,10-13,26H2,1-4H3,(H,27,31)(H,28,33). The number of nitrogens with one attached hydrogen (secondary N) is 2. The Balaban J connectivity index is 1.76. The van der Waals surface area contributed by atoms with Crippen LogP contribution in [0.3, 0.4) is 0 Å². The van der Waals surface area contributed by atoms with Gasteiger partial charge in [0.1, 0.15) is 18.1 Å². The second kappa shape index (κ2) is 10.9. The van der Waals surface area contributed by atoms with Crippen molar-refractivity contribution in [2.45, 2.75) is 71.1 Å². The van der Waals surface area contributed by atoms with E-state index in [1.54, 1.807) is 31.2 Å². The molecule has 190 valence electrons. The minimum atomic E-state index is -0.806. The molecule has 4 amide bonds. The number of fused-ring (bicyclic) bond motifs is 1. The predicted molar refractivity (Wildman–Crippen MR) is 130 cm³/mol. The van der Waals surface area contributed by atoms with Gasteiger partial charge in [0.15, 0.2) is 5.78 Å². The average molecular weight is 486 g/mol. The second-order valence-corrected chi connectivity index (χ2v) is 9.70. The second-order valence-electron chi connectivity index (χ2n) is 9.70. The summed E-state index contributed by atoms with van der Waals surface area (Å²) in [5.74, 6) is -1.44. The third-order valence-corrected chi connectivity index (χ3v) is 6.56. The number of carbonyl (C=O) groups is 5. The van der Waals surface area contributed by atoms with Crippen LogP contribution in [0.1, 0.15) is 57.3 Å². The van der Waals surface area contributed by atoms with E-state index in [4.69, 9.17) is 5.73 Å². The van der Waals surface area contributed by atoms with E-state index in [1.165, 1.54) is 16.7 Å². The van der Waals surface area contributed by atoms with Crippen LogP contribution < -0.4 is 16.4 Å². The van der Waals surface area contributed by atoms with E-state index in [-0.39, 0.29) is 36.0 Å². The maximum Gasteiger partial charge on any atom is 0.251 e. The molecule has 0 bridgehead atoms. The Hall–Kier alpha value is -3.43. The first-order valence-corrected chi connectivity index (χ1v) is 12.1. The SMILES string of the molecule is CCC(NC(C)=O)C(=O)N1CC(=O)C2C1CCN2C(=O)C(CC(C)C)NC(=O)c1ccc(N)cc1. The van der Waals surface area contributed by atoms with Crippen molar-refractivity contribution in [2.24, 2.45) is 5.92 Å². The third kappa shape index (κ3) is 5.80. The highest BCUT2D eigenvalue weighted by Gasteiger charge is 2.52. The number of benzene rings is 1. The van der Waals surface area contributed by atoms with Crippen molar-refractivity contribution in [3.8, 4) is 0 Å². The molecule has 10 nitrogen and oxygen atoms in total. The van der Waals surface area contributed by atoms with Crippen molar-refractivity contribution < 1.29 is 24.0 Å². The monoisotopic (exact) mass is 485 g/mol. The number of nitrogens with zero attached hydrogens (tertiary/aromatic N) is 2. The number of rotatable bonds is 8. The Bertz CT molecular complexity index is 992. The van der Waals surface area contributed by atoms with Crippen molar-refractivity contribution in [1.29, 1.82) is 0 Å². The normalized spacial score (nSPS) is 21.0. The van der Waals surface area contributed by atoms with Crippen LogP contribution in [0.2, 0.25) is 0 Å². The lowest BCUT2D eigenvalue weighted by Crippen LogP contribution is -2.53. The number of nitrogen functional groups attached to an aromatic ring is 1. The van der Waals surface area contributed by atoms with Crippen LogP contribution >= 0.6 is 0 Å². The number of nitrogens with two attached hydrogens (primary N) is 1. The molecule has 35 heavy (non-hydrogen) atoms. The summed E-state index contributed by atoms with van der Waals surface area (Å²) in [6, 6.07) is 3.72. The van der Waals surface area contributed by atoms with E-state index in [9.17, 15) is 24.0 Å². The average Bonchev–Trinajstić information content (AvgIpc) is 3.37. The summed E-state index contributed by atoms with van der Waals surface area (Å²) in [5.41, 5.74) is 6.61. The molecule has 3 rings (SSSR count). The molecule has 4 unspecified atom stereocenters. The number of Topliss-reactive ketones (excluding diaryl/α,β-unsaturated/α-hetero) is 1. The van der Waals surface area contributed by atoms with Gasteiger partial charge in [-0.15, -0.1) is 0 Å². The number of anilines is 1. The zero-order valence-corrected chi connectivity index (χ0v) is 20.7. The molecule has 0 aromatic heterocycles. The van der Waals surface area contributed by atoms with Gasteiger partial charge in [-0.25, -0.2) is 0 Å². The molecule has 2 aliphatic rings. The highest BCUT2D eigenvalue weighted by molar-refractivity contribution is 6.01. The summed E-state index contributed by atoms with van der Waals surface area (Å²) in [7, 11) is 0. The van der Waals surface area contributed by atoms with Crippen molar-refractivity contribution in [3.05, 3.63) is 29.8 Å². The van der Waals surface area contributed by atoms with Gasteiger partial charge in [0.05, 0.1) is 12.6 Å². The molecule has 4 atom stereocenters. The summed E-state index contributed by atoms with van der Waals surface area (Å²) < 4.78 is 0. The van der Waals surface area contributed by atoms with Crippen LogP contribution in [0.4, 0.5) is 5.69 Å². The van der Waals surface area contributed by atoms with Gasteiger partial charge in [0, 0.05) is 24.7 Å². The van der Waals surface area contributed by atoms with Gasteiger partial charge in [0.2, 0.25) is 17.7 Å². The molecular weight excluding hydrogens is 450 g/mol. The molecule has 0 spiro atoms. The Morgan fingerprint density at radius 2 is 1.66 bits per heavy atom. The lowest BCUT2D eigenvalue weighted by Gasteiger charge is -2.29. The third-order valence-electron chi connectivity index (χ3n) is 6.56. The smallest absolute Gasteiger partial charge is 0.251 e. The molecule has 2 aliphatic heterocycles. The first-order chi connectivity index (χ1) is 16.5. The Morgan fingerprint density at radius 3 is 2.23 bits per heavy atom. The Kier molecular flexibility index (Phi) is 8.14. The van der Waals surface area contributed by atoms with E-state index < -0.39 is 30.1 Å². The lowest BCUT2D eigenvalue weighted by atomic mass is 10.0. The first kappa shape index (κ1) is 26.2. The maximum absolute atomic E-state index is 13.6. The van der Waals surface area contributed by atoms with Gasteiger partial charge in [-0.2, -0.15) is 0 Å². The number of carbonyl (C=O) groups excluding carboxylic acids is 5. The molecule has 2 saturated heterocycles. The predicted octanol–water partition coefficient (Wildman–Crippen LogP) is 0.709. The van der Waals surface area contributed by atoms with Gasteiger partial charge in [-0.3, -0.25) is 24.0 Å². The Labute approximate surface area is 205 Å². The number of ketones is 1. The fourth-order valence-corrected chi connectivity index (χ4v) is 4.91. The van der Waals surface area contributed by atoms with Crippen molar-refractivity contribution in [2.75, 3.05) is 18.8 Å². The quantitative estimate of drug-likeness (QED) is 0.463.